The van der Waals surface area contributed by atoms with Crippen molar-refractivity contribution < 1.29 is 23.1 Å². The molecular weight excluding hydrogens is 406 g/mol. The lowest BCUT2D eigenvalue weighted by atomic mass is 9.95. The summed E-state index contributed by atoms with van der Waals surface area (Å²) in [5, 5.41) is 14.1. The quantitative estimate of drug-likeness (QED) is 0.673. The van der Waals surface area contributed by atoms with Gasteiger partial charge >= 0.3 is 0 Å². The highest BCUT2D eigenvalue weighted by atomic mass is 32.2. The van der Waals surface area contributed by atoms with Crippen molar-refractivity contribution in [1.82, 2.24) is 15.3 Å². The lowest BCUT2D eigenvalue weighted by molar-refractivity contribution is 0.00378. The van der Waals surface area contributed by atoms with Crippen LogP contribution >= 0.6 is 0 Å². The third kappa shape index (κ3) is 6.25. The molecule has 3 atom stereocenters. The third-order valence-corrected chi connectivity index (χ3v) is 6.29. The van der Waals surface area contributed by atoms with E-state index in [0.29, 0.717) is 18.7 Å². The van der Waals surface area contributed by atoms with Crippen molar-refractivity contribution >= 4 is 15.7 Å². The summed E-state index contributed by atoms with van der Waals surface area (Å²) in [6.07, 6.45) is 10.6. The Kier molecular flexibility index (Phi) is 7.46. The number of sulfone groups is 1. The molecule has 2 aliphatic carbocycles. The van der Waals surface area contributed by atoms with Crippen molar-refractivity contribution in [3.05, 3.63) is 29.1 Å². The molecule has 1 aromatic heterocycles. The number of carbonyl (C=O) groups is 1. The van der Waals surface area contributed by atoms with E-state index in [1.165, 1.54) is 12.3 Å². The molecule has 30 heavy (non-hydrogen) atoms. The molecule has 8 nitrogen and oxygen atoms in total. The van der Waals surface area contributed by atoms with Crippen molar-refractivity contribution in [2.45, 2.75) is 82.5 Å². The fraction of sp³-hybridized carbons (Fsp3) is 0.667. The molecule has 1 heterocycles. The Bertz CT molecular complexity index is 881. The Morgan fingerprint density at radius 2 is 1.90 bits per heavy atom. The minimum atomic E-state index is -3.28. The van der Waals surface area contributed by atoms with Gasteiger partial charge in [0.25, 0.3) is 5.91 Å². The average Bonchev–Trinajstić information content (AvgIpc) is 3.22. The topological polar surface area (TPSA) is 118 Å². The van der Waals surface area contributed by atoms with E-state index in [-0.39, 0.29) is 17.4 Å². The average molecular weight is 438 g/mol. The molecule has 166 valence electrons. The Hall–Kier alpha value is -2.00. The van der Waals surface area contributed by atoms with Gasteiger partial charge in [-0.25, -0.2) is 13.4 Å². The van der Waals surface area contributed by atoms with Crippen LogP contribution < -0.4 is 10.1 Å². The molecule has 1 aromatic rings. The molecule has 0 unspecified atom stereocenters. The summed E-state index contributed by atoms with van der Waals surface area (Å²) in [4.78, 5) is 21.8. The lowest BCUT2D eigenvalue weighted by Crippen LogP contribution is -2.36. The molecule has 0 saturated heterocycles. The second-order valence-electron chi connectivity index (χ2n) is 8.36. The smallest absolute Gasteiger partial charge is 0.258 e. The van der Waals surface area contributed by atoms with Crippen LogP contribution in [0, 0.1) is 0 Å². The number of aromatic nitrogens is 2. The molecular formula is C21H31N3O5S. The molecule has 2 aliphatic rings. The lowest BCUT2D eigenvalue weighted by Gasteiger charge is -2.28. The Morgan fingerprint density at radius 3 is 2.57 bits per heavy atom. The van der Waals surface area contributed by atoms with Crippen molar-refractivity contribution in [3.63, 3.8) is 0 Å². The number of rotatable bonds is 7. The van der Waals surface area contributed by atoms with Gasteiger partial charge in [0, 0.05) is 29.8 Å². The number of ether oxygens (including phenoxy) is 1. The van der Waals surface area contributed by atoms with E-state index in [4.69, 9.17) is 4.74 Å². The first-order valence-corrected chi connectivity index (χ1v) is 12.6. The second kappa shape index (κ2) is 9.87. The molecule has 0 bridgehead atoms. The van der Waals surface area contributed by atoms with Gasteiger partial charge < -0.3 is 15.2 Å². The summed E-state index contributed by atoms with van der Waals surface area (Å²) in [6, 6.07) is -0.505. The van der Waals surface area contributed by atoms with Crippen LogP contribution in [0.15, 0.2) is 17.7 Å². The first-order valence-electron chi connectivity index (χ1n) is 10.6. The van der Waals surface area contributed by atoms with Crippen LogP contribution in [0.4, 0.5) is 0 Å². The molecule has 2 saturated carbocycles. The van der Waals surface area contributed by atoms with Gasteiger partial charge in [-0.3, -0.25) is 4.79 Å². The zero-order chi connectivity index (χ0) is 21.7. The molecule has 1 amide bonds. The Labute approximate surface area is 178 Å². The van der Waals surface area contributed by atoms with Crippen LogP contribution in [0.1, 0.15) is 80.4 Å². The van der Waals surface area contributed by atoms with Crippen LogP contribution in [0.2, 0.25) is 0 Å². The summed E-state index contributed by atoms with van der Waals surface area (Å²) in [5.41, 5.74) is 0.189. The summed E-state index contributed by atoms with van der Waals surface area (Å²) in [6.45, 7) is 1.68. The zero-order valence-corrected chi connectivity index (χ0v) is 18.4. The van der Waals surface area contributed by atoms with Crippen LogP contribution in [-0.4, -0.2) is 53.9 Å². The number of hydrogen-bond acceptors (Lipinski definition) is 7. The van der Waals surface area contributed by atoms with Gasteiger partial charge in [0.2, 0.25) is 5.88 Å². The van der Waals surface area contributed by atoms with Gasteiger partial charge in [-0.1, -0.05) is 25.3 Å². The molecule has 0 aromatic carbocycles. The maximum atomic E-state index is 12.8. The van der Waals surface area contributed by atoms with Gasteiger partial charge in [0.15, 0.2) is 9.84 Å². The molecule has 9 heteroatoms. The van der Waals surface area contributed by atoms with Crippen molar-refractivity contribution in [2.75, 3.05) is 6.26 Å². The molecule has 0 aliphatic heterocycles. The summed E-state index contributed by atoms with van der Waals surface area (Å²) in [7, 11) is -3.28. The third-order valence-electron chi connectivity index (χ3n) is 5.64. The molecule has 0 radical (unpaired) electrons. The minimum Gasteiger partial charge on any atom is -0.471 e. The maximum Gasteiger partial charge on any atom is 0.258 e. The van der Waals surface area contributed by atoms with Gasteiger partial charge in [-0.15, -0.1) is 0 Å². The number of carbonyl (C=O) groups excluding carboxylic acids is 1. The van der Waals surface area contributed by atoms with Crippen molar-refractivity contribution in [3.8, 4) is 5.88 Å². The molecule has 2 N–H and O–H groups in total. The number of nitrogens with zero attached hydrogens (tertiary/aromatic N) is 2. The van der Waals surface area contributed by atoms with E-state index in [9.17, 15) is 18.3 Å². The van der Waals surface area contributed by atoms with Crippen LogP contribution in [0.5, 0.6) is 5.88 Å². The summed E-state index contributed by atoms with van der Waals surface area (Å²) >= 11 is 0. The highest BCUT2D eigenvalue weighted by molar-refractivity contribution is 7.93. The van der Waals surface area contributed by atoms with E-state index in [1.54, 1.807) is 6.92 Å². The Balaban J connectivity index is 1.82. The predicted molar refractivity (Wildman–Crippen MR) is 113 cm³/mol. The number of amides is 1. The molecule has 0 spiro atoms. The normalized spacial score (nSPS) is 24.1. The highest BCUT2D eigenvalue weighted by Gasteiger charge is 2.29. The SMILES string of the molecule is C[C@@H](/C=C/S(C)(=O)=O)NC(=O)c1cnc(C2CCCC2)nc1O[C@@H]1CCCC[C@@H]1O. The number of hydrogen-bond donors (Lipinski definition) is 2. The first-order chi connectivity index (χ1) is 14.2. The molecule has 3 rings (SSSR count). The number of aliphatic hydroxyl groups excluding tert-OH is 1. The minimum absolute atomic E-state index is 0.189. The number of aliphatic hydroxyl groups is 1. The standard InChI is InChI=1S/C21H31N3O5S/c1-14(11-12-30(2,27)28)23-20(26)16-13-22-19(15-7-3-4-8-15)24-21(16)29-18-10-6-5-9-17(18)25/h11-15,17-18,25H,3-10H2,1-2H3,(H,23,26)/b12-11+/t14-,17-,18+/m0/s1. The Morgan fingerprint density at radius 1 is 1.23 bits per heavy atom. The highest BCUT2D eigenvalue weighted by Crippen LogP contribution is 2.34. The van der Waals surface area contributed by atoms with Crippen LogP contribution in [0.3, 0.4) is 0 Å². The summed E-state index contributed by atoms with van der Waals surface area (Å²) in [5.74, 6) is 0.681. The number of nitrogens with one attached hydrogen (secondary N) is 1. The van der Waals surface area contributed by atoms with Gasteiger partial charge in [0.05, 0.1) is 6.10 Å². The van der Waals surface area contributed by atoms with E-state index < -0.39 is 34.0 Å². The molecule has 2 fully saturated rings. The fourth-order valence-corrected chi connectivity index (χ4v) is 4.48. The monoisotopic (exact) mass is 437 g/mol. The van der Waals surface area contributed by atoms with Gasteiger partial charge in [-0.2, -0.15) is 4.98 Å². The van der Waals surface area contributed by atoms with E-state index in [1.807, 2.05) is 0 Å². The van der Waals surface area contributed by atoms with Crippen LogP contribution in [-0.2, 0) is 9.84 Å². The first kappa shape index (κ1) is 22.7. The van der Waals surface area contributed by atoms with E-state index >= 15 is 0 Å². The van der Waals surface area contributed by atoms with Crippen molar-refractivity contribution in [2.24, 2.45) is 0 Å². The van der Waals surface area contributed by atoms with Gasteiger partial charge in [-0.05, 0) is 39.0 Å². The zero-order valence-electron chi connectivity index (χ0n) is 17.6. The largest absolute Gasteiger partial charge is 0.471 e. The fourth-order valence-electron chi connectivity index (χ4n) is 3.96. The van der Waals surface area contributed by atoms with E-state index in [0.717, 1.165) is 50.2 Å². The van der Waals surface area contributed by atoms with Crippen LogP contribution in [0.25, 0.3) is 0 Å². The predicted octanol–water partition coefficient (Wildman–Crippen LogP) is 2.49. The van der Waals surface area contributed by atoms with Crippen molar-refractivity contribution in [1.29, 1.82) is 0 Å². The van der Waals surface area contributed by atoms with Gasteiger partial charge in [0.1, 0.15) is 17.5 Å². The van der Waals surface area contributed by atoms with E-state index in [2.05, 4.69) is 15.3 Å². The second-order valence-corrected chi connectivity index (χ2v) is 10.3. The summed E-state index contributed by atoms with van der Waals surface area (Å²) < 4.78 is 28.6. The maximum absolute atomic E-state index is 12.8.